The smallest absolute Gasteiger partial charge is 0.366 e. The first-order valence-electron chi connectivity index (χ1n) is 13.5. The molecule has 0 atom stereocenters. The van der Waals surface area contributed by atoms with E-state index in [0.29, 0.717) is 5.06 Å². The Hall–Kier alpha value is -5.08. The summed E-state index contributed by atoms with van der Waals surface area (Å²) in [5.74, 6) is -5.61. The molecule has 3 aromatic carbocycles. The van der Waals surface area contributed by atoms with Crippen LogP contribution < -0.4 is 16.2 Å². The molecule has 3 heterocycles. The molecule has 0 unspecified atom stereocenters. The van der Waals surface area contributed by atoms with Crippen LogP contribution in [0.5, 0.6) is 11.5 Å². The van der Waals surface area contributed by atoms with Crippen molar-refractivity contribution in [1.29, 1.82) is 0 Å². The maximum absolute atomic E-state index is 14.2. The van der Waals surface area contributed by atoms with Crippen LogP contribution in [0.1, 0.15) is 53.7 Å². The number of rotatable bonds is 6. The quantitative estimate of drug-likeness (QED) is 0.206. The number of carbonyl (C=O) groups is 4. The zero-order valence-corrected chi connectivity index (χ0v) is 25.8. The topological polar surface area (TPSA) is 269 Å². The van der Waals surface area contributed by atoms with E-state index < -0.39 is 87.7 Å². The molecule has 4 N–H and O–H groups in total. The van der Waals surface area contributed by atoms with Crippen LogP contribution in [-0.2, 0) is 49.8 Å². The number of ether oxygens (including phenoxy) is 1. The highest BCUT2D eigenvalue weighted by Gasteiger charge is 2.60. The molecular formula is C28H22N4O13S2-2. The fourth-order valence-corrected chi connectivity index (χ4v) is 7.25. The largest absolute Gasteiger partial charge is 0.744 e. The minimum Gasteiger partial charge on any atom is -0.744 e. The average molecular weight is 687 g/mol. The highest BCUT2D eigenvalue weighted by molar-refractivity contribution is 7.86. The van der Waals surface area contributed by atoms with Gasteiger partial charge in [0.15, 0.2) is 22.6 Å². The van der Waals surface area contributed by atoms with Crippen molar-refractivity contribution in [3.05, 3.63) is 70.8 Å². The highest BCUT2D eigenvalue weighted by atomic mass is 32.2. The summed E-state index contributed by atoms with van der Waals surface area (Å²) in [5, 5.41) is 0.854. The molecule has 0 aliphatic carbocycles. The molecule has 0 bridgehead atoms. The first-order valence-corrected chi connectivity index (χ1v) is 16.3. The fourth-order valence-electron chi connectivity index (χ4n) is 5.78. The summed E-state index contributed by atoms with van der Waals surface area (Å²) in [6.07, 6.45) is -0.432. The Balaban J connectivity index is 1.68. The van der Waals surface area contributed by atoms with Crippen LogP contribution in [0.4, 0.5) is 11.4 Å². The van der Waals surface area contributed by atoms with Crippen molar-refractivity contribution in [3.63, 3.8) is 0 Å². The minimum atomic E-state index is -5.51. The summed E-state index contributed by atoms with van der Waals surface area (Å²) in [7, 11) is -11.0. The van der Waals surface area contributed by atoms with E-state index in [1.54, 1.807) is 0 Å². The van der Waals surface area contributed by atoms with Gasteiger partial charge in [0.2, 0.25) is 0 Å². The number of imide groups is 1. The Bertz CT molecular complexity index is 2080. The molecule has 0 saturated carbocycles. The molecule has 1 fully saturated rings. The van der Waals surface area contributed by atoms with E-state index in [2.05, 4.69) is 0 Å². The average Bonchev–Trinajstić information content (AvgIpc) is 3.40. The zero-order valence-electron chi connectivity index (χ0n) is 24.2. The maximum Gasteiger partial charge on any atom is 0.366 e. The molecule has 17 nitrogen and oxygen atoms in total. The van der Waals surface area contributed by atoms with Gasteiger partial charge in [-0.1, -0.05) is 18.2 Å². The molecule has 3 aromatic rings. The van der Waals surface area contributed by atoms with E-state index in [1.165, 1.54) is 36.4 Å². The number of nitrogens with two attached hydrogens (primary N) is 2. The molecule has 3 aliphatic rings. The Labute approximate surface area is 266 Å². The van der Waals surface area contributed by atoms with Gasteiger partial charge in [0.05, 0.1) is 11.4 Å². The summed E-state index contributed by atoms with van der Waals surface area (Å²) >= 11 is 0. The molecule has 6 rings (SSSR count). The van der Waals surface area contributed by atoms with Crippen LogP contribution in [0.3, 0.4) is 0 Å². The molecule has 3 aliphatic heterocycles. The Morgan fingerprint density at radius 2 is 1.32 bits per heavy atom. The molecule has 0 aromatic heterocycles. The van der Waals surface area contributed by atoms with Crippen LogP contribution in [-0.4, -0.2) is 65.4 Å². The Morgan fingerprint density at radius 1 is 0.830 bits per heavy atom. The van der Waals surface area contributed by atoms with Crippen LogP contribution >= 0.6 is 0 Å². The van der Waals surface area contributed by atoms with Crippen molar-refractivity contribution < 1.29 is 59.5 Å². The summed E-state index contributed by atoms with van der Waals surface area (Å²) in [4.78, 5) is 60.6. The lowest BCUT2D eigenvalue weighted by molar-refractivity contribution is -0.254. The lowest BCUT2D eigenvalue weighted by Gasteiger charge is -2.45. The molecule has 19 heteroatoms. The lowest BCUT2D eigenvalue weighted by Crippen LogP contribution is -2.54. The van der Waals surface area contributed by atoms with E-state index in [9.17, 15) is 45.1 Å². The lowest BCUT2D eigenvalue weighted by atomic mass is 9.75. The number of nitrogens with zero attached hydrogens (tertiary/aromatic N) is 2. The normalized spacial score (nSPS) is 17.0. The number of hydrogen-bond donors (Lipinski definition) is 2. The molecule has 1 spiro atoms. The maximum atomic E-state index is 14.2. The van der Waals surface area contributed by atoms with E-state index in [-0.39, 0.29) is 40.2 Å². The summed E-state index contributed by atoms with van der Waals surface area (Å²) in [6, 6.07) is 10.1. The van der Waals surface area contributed by atoms with Crippen molar-refractivity contribution in [2.24, 2.45) is 0 Å². The number of amides is 3. The first-order chi connectivity index (χ1) is 21.8. The predicted octanol–water partition coefficient (Wildman–Crippen LogP) is 0.830. The molecule has 47 heavy (non-hydrogen) atoms. The van der Waals surface area contributed by atoms with Crippen LogP contribution in [0.2, 0.25) is 0 Å². The molecular weight excluding hydrogens is 664 g/mol. The molecule has 3 amide bonds. The van der Waals surface area contributed by atoms with Crippen LogP contribution in [0, 0.1) is 0 Å². The third-order valence-corrected chi connectivity index (χ3v) is 9.64. The van der Waals surface area contributed by atoms with Gasteiger partial charge in [-0.05, 0) is 44.2 Å². The number of anilines is 2. The van der Waals surface area contributed by atoms with E-state index >= 15 is 0 Å². The number of fused-ring (bicyclic) bond motifs is 6. The van der Waals surface area contributed by atoms with E-state index in [4.69, 9.17) is 25.9 Å². The van der Waals surface area contributed by atoms with Gasteiger partial charge < -0.3 is 30.1 Å². The van der Waals surface area contributed by atoms with Crippen molar-refractivity contribution in [1.82, 2.24) is 10.1 Å². The SMILES string of the molecule is CC(C)(ON1C(=O)c2ccccc2C12c1ccc(N)c(S(=O)(=O)[O-])c1Oc1c2ccc(N)c1S(=O)(=O)[O-])C(=O)ON1C(=O)CCC1=O. The van der Waals surface area contributed by atoms with Gasteiger partial charge in [-0.3, -0.25) is 19.2 Å². The standard InChI is InChI=1S/C28H24N4O13S2/c1-27(2,26(36)44-31-19(33)11-12-20(31)34)45-32-25(35)13-5-3-4-6-14(13)28(32)15-7-9-17(29)23(46(37,38)39)21(15)43-22-16(28)8-10-18(30)24(22)47(40,41)42/h3-10H,11-12,29-30H2,1-2H3,(H,37,38,39)(H,40,41,42)/p-2. The third-order valence-electron chi connectivity index (χ3n) is 7.80. The second-order valence-corrected chi connectivity index (χ2v) is 13.8. The molecule has 246 valence electrons. The summed E-state index contributed by atoms with van der Waals surface area (Å²) < 4.78 is 81.1. The van der Waals surface area contributed by atoms with Crippen molar-refractivity contribution in [2.75, 3.05) is 11.5 Å². The third kappa shape index (κ3) is 4.61. The van der Waals surface area contributed by atoms with E-state index in [0.717, 1.165) is 26.0 Å². The number of benzene rings is 3. The van der Waals surface area contributed by atoms with Gasteiger partial charge in [-0.15, -0.1) is 5.06 Å². The molecule has 1 saturated heterocycles. The first kappa shape index (κ1) is 31.9. The summed E-state index contributed by atoms with van der Waals surface area (Å²) in [6.45, 7) is 2.25. The monoisotopic (exact) mass is 686 g/mol. The van der Waals surface area contributed by atoms with Crippen molar-refractivity contribution in [3.8, 4) is 11.5 Å². The minimum absolute atomic E-state index is 0.00269. The van der Waals surface area contributed by atoms with Gasteiger partial charge in [0.1, 0.15) is 30.0 Å². The van der Waals surface area contributed by atoms with Gasteiger partial charge in [-0.25, -0.2) is 21.6 Å². The van der Waals surface area contributed by atoms with Gasteiger partial charge >= 0.3 is 5.97 Å². The van der Waals surface area contributed by atoms with Crippen LogP contribution in [0.15, 0.2) is 58.3 Å². The second kappa shape index (κ2) is 10.2. The number of nitrogen functional groups attached to an aromatic ring is 2. The van der Waals surface area contributed by atoms with Gasteiger partial charge in [0, 0.05) is 35.1 Å². The second-order valence-electron chi connectivity index (χ2n) is 11.1. The van der Waals surface area contributed by atoms with Gasteiger partial charge in [0.25, 0.3) is 17.7 Å². The van der Waals surface area contributed by atoms with Gasteiger partial charge in [-0.2, -0.15) is 5.06 Å². The number of hydrogen-bond acceptors (Lipinski definition) is 15. The van der Waals surface area contributed by atoms with Crippen LogP contribution in [0.25, 0.3) is 0 Å². The summed E-state index contributed by atoms with van der Waals surface area (Å²) in [5.41, 5.74) is 5.30. The van der Waals surface area contributed by atoms with E-state index in [1.807, 2.05) is 0 Å². The number of hydroxylamine groups is 4. The fraction of sp³-hybridized carbons (Fsp3) is 0.214. The predicted molar refractivity (Wildman–Crippen MR) is 153 cm³/mol. The van der Waals surface area contributed by atoms with Crippen molar-refractivity contribution in [2.45, 2.75) is 47.6 Å². The molecule has 0 radical (unpaired) electrons. The number of carbonyl (C=O) groups excluding carboxylic acids is 4. The highest BCUT2D eigenvalue weighted by Crippen LogP contribution is 2.61. The van der Waals surface area contributed by atoms with Crippen molar-refractivity contribution >= 4 is 55.3 Å². The Kier molecular flexibility index (Phi) is 6.93. The zero-order chi connectivity index (χ0) is 34.4. The Morgan fingerprint density at radius 3 is 1.81 bits per heavy atom.